The Balaban J connectivity index is 1.96. The lowest BCUT2D eigenvalue weighted by Crippen LogP contribution is -1.83. The van der Waals surface area contributed by atoms with Crippen molar-refractivity contribution >= 4 is 34.6 Å². The van der Waals surface area contributed by atoms with Crippen molar-refractivity contribution in [3.8, 4) is 23.1 Å². The van der Waals surface area contributed by atoms with Crippen molar-refractivity contribution in [2.24, 2.45) is 0 Å². The second-order valence-corrected chi connectivity index (χ2v) is 6.07. The maximum absolute atomic E-state index is 9.90. The van der Waals surface area contributed by atoms with E-state index in [1.165, 1.54) is 11.3 Å². The second kappa shape index (κ2) is 6.66. The summed E-state index contributed by atoms with van der Waals surface area (Å²) in [6.45, 7) is 0. The van der Waals surface area contributed by atoms with E-state index >= 15 is 0 Å². The van der Waals surface area contributed by atoms with Gasteiger partial charge in [0.05, 0.1) is 11.3 Å². The molecule has 0 bridgehead atoms. The second-order valence-electron chi connectivity index (χ2n) is 4.78. The molecule has 0 radical (unpaired) electrons. The van der Waals surface area contributed by atoms with E-state index in [1.54, 1.807) is 36.4 Å². The van der Waals surface area contributed by atoms with Gasteiger partial charge in [-0.15, -0.1) is 11.3 Å². The molecule has 1 heterocycles. The quantitative estimate of drug-likeness (QED) is 0.665. The molecule has 0 saturated carbocycles. The van der Waals surface area contributed by atoms with Crippen molar-refractivity contribution in [3.63, 3.8) is 0 Å². The molecule has 0 aliphatic heterocycles. The van der Waals surface area contributed by atoms with E-state index in [1.807, 2.05) is 23.6 Å². The number of para-hydroxylation sites is 1. The Bertz CT molecular complexity index is 907. The highest BCUT2D eigenvalue weighted by molar-refractivity contribution is 7.11. The molecular formula is C18H11ClN2OS. The first-order valence-corrected chi connectivity index (χ1v) is 8.05. The Labute approximate surface area is 142 Å². The molecule has 0 aliphatic carbocycles. The number of allylic oxidation sites excluding steroid dienone is 1. The van der Waals surface area contributed by atoms with Crippen LogP contribution in [0.1, 0.15) is 10.6 Å². The van der Waals surface area contributed by atoms with Crippen LogP contribution >= 0.6 is 22.9 Å². The van der Waals surface area contributed by atoms with Gasteiger partial charge in [-0.05, 0) is 35.9 Å². The van der Waals surface area contributed by atoms with Crippen molar-refractivity contribution in [1.82, 2.24) is 4.98 Å². The van der Waals surface area contributed by atoms with Crippen LogP contribution in [0.4, 0.5) is 0 Å². The van der Waals surface area contributed by atoms with Gasteiger partial charge in [-0.3, -0.25) is 0 Å². The zero-order valence-electron chi connectivity index (χ0n) is 11.9. The zero-order chi connectivity index (χ0) is 16.2. The first kappa shape index (κ1) is 15.3. The first-order valence-electron chi connectivity index (χ1n) is 6.79. The highest BCUT2D eigenvalue weighted by Crippen LogP contribution is 2.32. The Morgan fingerprint density at radius 3 is 2.61 bits per heavy atom. The standard InChI is InChI=1S/C18H11ClN2OS/c19-14-7-5-12(6-8-14)9-13(10-20)18-21-16(11-23-18)15-3-1-2-4-17(15)22/h1-9,11,22H/b13-9+. The van der Waals surface area contributed by atoms with Crippen molar-refractivity contribution in [2.75, 3.05) is 0 Å². The van der Waals surface area contributed by atoms with E-state index in [0.717, 1.165) is 5.56 Å². The molecular weight excluding hydrogens is 328 g/mol. The van der Waals surface area contributed by atoms with Crippen molar-refractivity contribution in [1.29, 1.82) is 5.26 Å². The molecule has 0 unspecified atom stereocenters. The Hall–Kier alpha value is -2.61. The molecule has 0 saturated heterocycles. The third kappa shape index (κ3) is 3.42. The molecule has 2 aromatic carbocycles. The van der Waals surface area contributed by atoms with Gasteiger partial charge >= 0.3 is 0 Å². The lowest BCUT2D eigenvalue weighted by atomic mass is 10.1. The topological polar surface area (TPSA) is 56.9 Å². The number of benzene rings is 2. The third-order valence-electron chi connectivity index (χ3n) is 3.22. The minimum absolute atomic E-state index is 0.171. The summed E-state index contributed by atoms with van der Waals surface area (Å²) >= 11 is 7.23. The van der Waals surface area contributed by atoms with Gasteiger partial charge in [-0.25, -0.2) is 4.98 Å². The molecule has 3 aromatic rings. The first-order chi connectivity index (χ1) is 11.2. The number of aromatic hydroxyl groups is 1. The number of nitrogens with zero attached hydrogens (tertiary/aromatic N) is 2. The van der Waals surface area contributed by atoms with Crippen molar-refractivity contribution < 1.29 is 5.11 Å². The lowest BCUT2D eigenvalue weighted by Gasteiger charge is -1.99. The van der Waals surface area contributed by atoms with Gasteiger partial charge < -0.3 is 5.11 Å². The number of aromatic nitrogens is 1. The van der Waals surface area contributed by atoms with Gasteiger partial charge in [0.25, 0.3) is 0 Å². The fraction of sp³-hybridized carbons (Fsp3) is 0. The van der Waals surface area contributed by atoms with Crippen LogP contribution in [0.5, 0.6) is 5.75 Å². The maximum atomic E-state index is 9.90. The maximum Gasteiger partial charge on any atom is 0.134 e. The van der Waals surface area contributed by atoms with Crippen LogP contribution in [0, 0.1) is 11.3 Å². The predicted octanol–water partition coefficient (Wildman–Crippen LogP) is 5.23. The molecule has 0 atom stereocenters. The smallest absolute Gasteiger partial charge is 0.134 e. The summed E-state index contributed by atoms with van der Waals surface area (Å²) in [6.07, 6.45) is 1.77. The molecule has 0 fully saturated rings. The number of hydrogen-bond donors (Lipinski definition) is 1. The summed E-state index contributed by atoms with van der Waals surface area (Å²) in [5.74, 6) is 0.171. The number of thiazole rings is 1. The van der Waals surface area contributed by atoms with Crippen LogP contribution in [-0.2, 0) is 0 Å². The number of hydrogen-bond acceptors (Lipinski definition) is 4. The van der Waals surface area contributed by atoms with Gasteiger partial charge in [0, 0.05) is 16.0 Å². The molecule has 1 N–H and O–H groups in total. The number of phenolic OH excluding ortho intramolecular Hbond substituents is 1. The highest BCUT2D eigenvalue weighted by atomic mass is 35.5. The molecule has 0 spiro atoms. The zero-order valence-corrected chi connectivity index (χ0v) is 13.5. The molecule has 0 amide bonds. The van der Waals surface area contributed by atoms with Gasteiger partial charge in [-0.1, -0.05) is 35.9 Å². The van der Waals surface area contributed by atoms with E-state index in [9.17, 15) is 10.4 Å². The minimum atomic E-state index is 0.171. The van der Waals surface area contributed by atoms with Crippen LogP contribution in [0.25, 0.3) is 22.9 Å². The SMILES string of the molecule is N#C/C(=C\c1ccc(Cl)cc1)c1nc(-c2ccccc2O)cs1. The van der Waals surface area contributed by atoms with Crippen molar-refractivity contribution in [2.45, 2.75) is 0 Å². The van der Waals surface area contributed by atoms with Crippen LogP contribution < -0.4 is 0 Å². The molecule has 5 heteroatoms. The Morgan fingerprint density at radius 1 is 1.17 bits per heavy atom. The van der Waals surface area contributed by atoms with Crippen LogP contribution in [-0.4, -0.2) is 10.1 Å². The number of phenols is 1. The van der Waals surface area contributed by atoms with Crippen LogP contribution in [0.3, 0.4) is 0 Å². The van der Waals surface area contributed by atoms with Crippen LogP contribution in [0.2, 0.25) is 5.02 Å². The number of nitriles is 1. The molecule has 3 rings (SSSR count). The van der Waals surface area contributed by atoms with Gasteiger partial charge in [0.2, 0.25) is 0 Å². The average Bonchev–Trinajstić information content (AvgIpc) is 3.04. The third-order valence-corrected chi connectivity index (χ3v) is 4.34. The summed E-state index contributed by atoms with van der Waals surface area (Å²) in [4.78, 5) is 4.47. The molecule has 23 heavy (non-hydrogen) atoms. The summed E-state index contributed by atoms with van der Waals surface area (Å²) in [7, 11) is 0. The summed E-state index contributed by atoms with van der Waals surface area (Å²) < 4.78 is 0. The largest absolute Gasteiger partial charge is 0.507 e. The van der Waals surface area contributed by atoms with Crippen LogP contribution in [0.15, 0.2) is 53.9 Å². The molecule has 1 aromatic heterocycles. The molecule has 0 aliphatic rings. The summed E-state index contributed by atoms with van der Waals surface area (Å²) in [6, 6.07) is 16.4. The monoisotopic (exact) mass is 338 g/mol. The van der Waals surface area contributed by atoms with E-state index in [4.69, 9.17) is 11.6 Å². The molecule has 3 nitrogen and oxygen atoms in total. The normalized spacial score (nSPS) is 11.2. The van der Waals surface area contributed by atoms with Gasteiger partial charge in [0.15, 0.2) is 0 Å². The fourth-order valence-electron chi connectivity index (χ4n) is 2.08. The minimum Gasteiger partial charge on any atom is -0.507 e. The highest BCUT2D eigenvalue weighted by Gasteiger charge is 2.11. The number of halogens is 1. The number of rotatable bonds is 3. The Morgan fingerprint density at radius 2 is 1.91 bits per heavy atom. The summed E-state index contributed by atoms with van der Waals surface area (Å²) in [5.41, 5.74) is 2.66. The van der Waals surface area contributed by atoms with E-state index in [2.05, 4.69) is 11.1 Å². The predicted molar refractivity (Wildman–Crippen MR) is 94.2 cm³/mol. The van der Waals surface area contributed by atoms with Gasteiger partial charge in [0.1, 0.15) is 16.8 Å². The summed E-state index contributed by atoms with van der Waals surface area (Å²) in [5, 5.41) is 22.4. The van der Waals surface area contributed by atoms with E-state index in [-0.39, 0.29) is 5.75 Å². The van der Waals surface area contributed by atoms with Crippen molar-refractivity contribution in [3.05, 3.63) is 69.5 Å². The fourth-order valence-corrected chi connectivity index (χ4v) is 2.99. The van der Waals surface area contributed by atoms with E-state index < -0.39 is 0 Å². The lowest BCUT2D eigenvalue weighted by molar-refractivity contribution is 0.477. The van der Waals surface area contributed by atoms with E-state index in [0.29, 0.717) is 26.9 Å². The molecule has 112 valence electrons. The average molecular weight is 339 g/mol. The Kier molecular flexibility index (Phi) is 4.42. The van der Waals surface area contributed by atoms with Gasteiger partial charge in [-0.2, -0.15) is 5.26 Å².